The zero-order valence-corrected chi connectivity index (χ0v) is 12.3. The summed E-state index contributed by atoms with van der Waals surface area (Å²) in [6.07, 6.45) is 0.634. The van der Waals surface area contributed by atoms with Crippen molar-refractivity contribution in [1.29, 1.82) is 0 Å². The number of hydrogen-bond acceptors (Lipinski definition) is 3. The van der Waals surface area contributed by atoms with Crippen molar-refractivity contribution in [2.75, 3.05) is 5.32 Å². The summed E-state index contributed by atoms with van der Waals surface area (Å²) in [7, 11) is 0. The Bertz CT molecular complexity index is 543. The number of hydrogen-bond donors (Lipinski definition) is 2. The molecule has 0 bridgehead atoms. The molecule has 2 amide bonds. The minimum Gasteiger partial charge on any atom is -0.320 e. The third-order valence-corrected chi connectivity index (χ3v) is 3.53. The number of amides is 2. The highest BCUT2D eigenvalue weighted by atomic mass is 79.9. The summed E-state index contributed by atoms with van der Waals surface area (Å²) in [6.45, 7) is 0. The van der Waals surface area contributed by atoms with Crippen molar-refractivity contribution in [3.05, 3.63) is 27.1 Å². The van der Waals surface area contributed by atoms with E-state index in [1.54, 1.807) is 6.07 Å². The van der Waals surface area contributed by atoms with Gasteiger partial charge in [0.15, 0.2) is 0 Å². The second-order valence-corrected chi connectivity index (χ2v) is 5.44. The fraction of sp³-hybridized carbons (Fsp3) is 0.182. The maximum absolute atomic E-state index is 11.9. The smallest absolute Gasteiger partial charge is 0.271 e. The SMILES string of the molecule is O=C1CCC(C(=O)Nc2cc(Br)ccc2Br)=NN1. The molecular formula is C11H9Br2N3O2. The maximum atomic E-state index is 11.9. The van der Waals surface area contributed by atoms with E-state index in [1.807, 2.05) is 12.1 Å². The largest absolute Gasteiger partial charge is 0.320 e. The van der Waals surface area contributed by atoms with Gasteiger partial charge in [0.2, 0.25) is 5.91 Å². The molecular weight excluding hydrogens is 366 g/mol. The number of hydrazone groups is 1. The molecule has 0 atom stereocenters. The fourth-order valence-corrected chi connectivity index (χ4v) is 2.13. The monoisotopic (exact) mass is 373 g/mol. The van der Waals surface area contributed by atoms with Crippen molar-refractivity contribution >= 4 is 55.1 Å². The first kappa shape index (κ1) is 13.2. The number of anilines is 1. The zero-order chi connectivity index (χ0) is 13.1. The summed E-state index contributed by atoms with van der Waals surface area (Å²) in [5.74, 6) is -0.482. The van der Waals surface area contributed by atoms with E-state index in [1.165, 1.54) is 0 Å². The third kappa shape index (κ3) is 3.17. The Kier molecular flexibility index (Phi) is 4.13. The summed E-state index contributed by atoms with van der Waals surface area (Å²) in [6, 6.07) is 5.46. The van der Waals surface area contributed by atoms with Crippen LogP contribution in [0.4, 0.5) is 5.69 Å². The number of benzene rings is 1. The summed E-state index contributed by atoms with van der Waals surface area (Å²) < 4.78 is 1.64. The Morgan fingerprint density at radius 3 is 2.78 bits per heavy atom. The molecule has 0 spiro atoms. The molecule has 0 saturated heterocycles. The topological polar surface area (TPSA) is 70.6 Å². The van der Waals surface area contributed by atoms with Crippen LogP contribution < -0.4 is 10.7 Å². The lowest BCUT2D eigenvalue weighted by atomic mass is 10.1. The second kappa shape index (κ2) is 5.62. The molecule has 1 aromatic rings. The summed E-state index contributed by atoms with van der Waals surface area (Å²) in [4.78, 5) is 22.8. The van der Waals surface area contributed by atoms with Gasteiger partial charge in [-0.25, -0.2) is 5.43 Å². The van der Waals surface area contributed by atoms with E-state index in [4.69, 9.17) is 0 Å². The molecule has 0 unspecified atom stereocenters. The van der Waals surface area contributed by atoms with Crippen LogP contribution in [0.1, 0.15) is 12.8 Å². The van der Waals surface area contributed by atoms with Crippen molar-refractivity contribution in [2.24, 2.45) is 5.10 Å². The Balaban J connectivity index is 2.12. The lowest BCUT2D eigenvalue weighted by molar-refractivity contribution is -0.121. The van der Waals surface area contributed by atoms with Crippen LogP contribution in [0, 0.1) is 0 Å². The van der Waals surface area contributed by atoms with Crippen molar-refractivity contribution in [3.63, 3.8) is 0 Å². The molecule has 0 saturated carbocycles. The molecule has 2 rings (SSSR count). The van der Waals surface area contributed by atoms with Crippen LogP contribution in [0.5, 0.6) is 0 Å². The van der Waals surface area contributed by atoms with Crippen LogP contribution in [0.15, 0.2) is 32.2 Å². The Labute approximate surface area is 120 Å². The molecule has 5 nitrogen and oxygen atoms in total. The van der Waals surface area contributed by atoms with Crippen molar-refractivity contribution in [1.82, 2.24) is 5.43 Å². The molecule has 94 valence electrons. The van der Waals surface area contributed by atoms with E-state index < -0.39 is 0 Å². The van der Waals surface area contributed by atoms with Crippen LogP contribution in [0.25, 0.3) is 0 Å². The van der Waals surface area contributed by atoms with Gasteiger partial charge in [0.25, 0.3) is 5.91 Å². The summed E-state index contributed by atoms with van der Waals surface area (Å²) in [5, 5.41) is 6.47. The minimum atomic E-state index is -0.311. The molecule has 0 aromatic heterocycles. The molecule has 2 N–H and O–H groups in total. The maximum Gasteiger partial charge on any atom is 0.271 e. The van der Waals surface area contributed by atoms with Gasteiger partial charge in [0.05, 0.1) is 5.69 Å². The van der Waals surface area contributed by atoms with Gasteiger partial charge >= 0.3 is 0 Å². The Morgan fingerprint density at radius 1 is 1.33 bits per heavy atom. The van der Waals surface area contributed by atoms with Gasteiger partial charge < -0.3 is 5.32 Å². The molecule has 1 aromatic carbocycles. The quantitative estimate of drug-likeness (QED) is 0.834. The highest BCUT2D eigenvalue weighted by Gasteiger charge is 2.18. The normalized spacial score (nSPS) is 14.8. The van der Waals surface area contributed by atoms with Gasteiger partial charge in [-0.15, -0.1) is 0 Å². The summed E-state index contributed by atoms with van der Waals surface area (Å²) >= 11 is 6.68. The van der Waals surface area contributed by atoms with Crippen LogP contribution in [-0.4, -0.2) is 17.5 Å². The van der Waals surface area contributed by atoms with Gasteiger partial charge in [0, 0.05) is 21.8 Å². The second-order valence-electron chi connectivity index (χ2n) is 3.67. The lowest BCUT2D eigenvalue weighted by Gasteiger charge is -2.12. The number of carbonyl (C=O) groups excluding carboxylic acids is 2. The standard InChI is InChI=1S/C11H9Br2N3O2/c12-6-1-2-7(13)9(5-6)14-11(18)8-3-4-10(17)16-15-8/h1-2,5H,3-4H2,(H,14,18)(H,16,17). The van der Waals surface area contributed by atoms with Crippen LogP contribution in [0.2, 0.25) is 0 Å². The Hall–Kier alpha value is -1.21. The number of nitrogens with one attached hydrogen (secondary N) is 2. The first-order valence-electron chi connectivity index (χ1n) is 5.18. The third-order valence-electron chi connectivity index (χ3n) is 2.34. The van der Waals surface area contributed by atoms with E-state index in [0.29, 0.717) is 17.8 Å². The first-order chi connectivity index (χ1) is 8.56. The van der Waals surface area contributed by atoms with Gasteiger partial charge in [-0.2, -0.15) is 5.10 Å². The zero-order valence-electron chi connectivity index (χ0n) is 9.17. The van der Waals surface area contributed by atoms with Crippen molar-refractivity contribution < 1.29 is 9.59 Å². The molecule has 0 radical (unpaired) electrons. The van der Waals surface area contributed by atoms with Gasteiger partial charge in [0.1, 0.15) is 5.71 Å². The van der Waals surface area contributed by atoms with Crippen LogP contribution in [0.3, 0.4) is 0 Å². The first-order valence-corrected chi connectivity index (χ1v) is 6.76. The molecule has 1 aliphatic rings. The van der Waals surface area contributed by atoms with Gasteiger partial charge in [-0.05, 0) is 34.1 Å². The average molecular weight is 375 g/mol. The van der Waals surface area contributed by atoms with Crippen molar-refractivity contribution in [3.8, 4) is 0 Å². The molecule has 0 fully saturated rings. The molecule has 18 heavy (non-hydrogen) atoms. The predicted molar refractivity (Wildman–Crippen MR) is 75.3 cm³/mol. The van der Waals surface area contributed by atoms with Crippen molar-refractivity contribution in [2.45, 2.75) is 12.8 Å². The fourth-order valence-electron chi connectivity index (χ4n) is 1.43. The van der Waals surface area contributed by atoms with E-state index in [2.05, 4.69) is 47.7 Å². The molecule has 7 heteroatoms. The highest BCUT2D eigenvalue weighted by Crippen LogP contribution is 2.26. The van der Waals surface area contributed by atoms with Gasteiger partial charge in [-0.1, -0.05) is 15.9 Å². The lowest BCUT2D eigenvalue weighted by Crippen LogP contribution is -2.32. The van der Waals surface area contributed by atoms with Crippen LogP contribution in [-0.2, 0) is 9.59 Å². The van der Waals surface area contributed by atoms with Crippen LogP contribution >= 0.6 is 31.9 Å². The van der Waals surface area contributed by atoms with E-state index >= 15 is 0 Å². The number of carbonyl (C=O) groups is 2. The molecule has 1 aliphatic heterocycles. The Morgan fingerprint density at radius 2 is 2.11 bits per heavy atom. The molecule has 1 heterocycles. The number of nitrogens with zero attached hydrogens (tertiary/aromatic N) is 1. The predicted octanol–water partition coefficient (Wildman–Crippen LogP) is 2.42. The van der Waals surface area contributed by atoms with Gasteiger partial charge in [-0.3, -0.25) is 9.59 Å². The minimum absolute atomic E-state index is 0.171. The number of halogens is 2. The molecule has 0 aliphatic carbocycles. The summed E-state index contributed by atoms with van der Waals surface area (Å²) in [5.41, 5.74) is 3.26. The van der Waals surface area contributed by atoms with E-state index in [9.17, 15) is 9.59 Å². The van der Waals surface area contributed by atoms with E-state index in [0.717, 1.165) is 8.95 Å². The number of rotatable bonds is 2. The van der Waals surface area contributed by atoms with E-state index in [-0.39, 0.29) is 18.2 Å². The highest BCUT2D eigenvalue weighted by molar-refractivity contribution is 9.11. The average Bonchev–Trinajstić information content (AvgIpc) is 2.34.